The number of fused-ring (bicyclic) bond motifs is 1. The molecule has 5 heteroatoms. The van der Waals surface area contributed by atoms with E-state index in [2.05, 4.69) is 22.5 Å². The minimum Gasteiger partial charge on any atom is -0.390 e. The van der Waals surface area contributed by atoms with E-state index in [1.807, 2.05) is 0 Å². The fraction of sp³-hybridized carbons (Fsp3) is 0.579. The van der Waals surface area contributed by atoms with Crippen molar-refractivity contribution >= 4 is 17.6 Å². The van der Waals surface area contributed by atoms with E-state index in [0.29, 0.717) is 29.4 Å². The number of aromatic nitrogens is 1. The molecule has 2 unspecified atom stereocenters. The quantitative estimate of drug-likeness (QED) is 0.507. The molecule has 24 heavy (non-hydrogen) atoms. The number of nitrogens with zero attached hydrogens (tertiary/aromatic N) is 1. The number of amidine groups is 1. The summed E-state index contributed by atoms with van der Waals surface area (Å²) in [5.41, 5.74) is 9.23. The minimum atomic E-state index is -0.418. The molecule has 5 aliphatic carbocycles. The predicted molar refractivity (Wildman–Crippen MR) is 93.9 cm³/mol. The van der Waals surface area contributed by atoms with Crippen molar-refractivity contribution in [1.29, 1.82) is 5.41 Å². The summed E-state index contributed by atoms with van der Waals surface area (Å²) in [4.78, 5) is 4.47. The zero-order valence-electron chi connectivity index (χ0n) is 13.8. The minimum absolute atomic E-state index is 0.0653. The van der Waals surface area contributed by atoms with Crippen molar-refractivity contribution in [2.45, 2.75) is 50.2 Å². The van der Waals surface area contributed by atoms with Gasteiger partial charge in [-0.3, -0.25) is 10.4 Å². The van der Waals surface area contributed by atoms with E-state index < -0.39 is 5.60 Å². The maximum Gasteiger partial charge on any atom is 0.126 e. The highest BCUT2D eigenvalue weighted by Crippen LogP contribution is 2.56. The number of nitrogens with one attached hydrogen (secondary N) is 2. The summed E-state index contributed by atoms with van der Waals surface area (Å²) in [5.74, 6) is 1.81. The number of hydrogen-bond donors (Lipinski definition) is 4. The van der Waals surface area contributed by atoms with E-state index in [9.17, 15) is 5.11 Å². The molecule has 0 radical (unpaired) electrons. The first-order chi connectivity index (χ1) is 11.5. The second-order valence-corrected chi connectivity index (χ2v) is 8.29. The SMILES string of the molecule is N=C(N)c1cnc2c(c1NC1C3CC4CC1CC(O)(C4)C3)C=CC2. The van der Waals surface area contributed by atoms with Gasteiger partial charge >= 0.3 is 0 Å². The molecular formula is C19H24N4O. The number of pyridine rings is 1. The monoisotopic (exact) mass is 324 g/mol. The van der Waals surface area contributed by atoms with Crippen LogP contribution in [0.2, 0.25) is 0 Å². The number of nitrogens with two attached hydrogens (primary N) is 1. The summed E-state index contributed by atoms with van der Waals surface area (Å²) >= 11 is 0. The summed E-state index contributed by atoms with van der Waals surface area (Å²) in [6, 6.07) is 0.375. The van der Waals surface area contributed by atoms with Gasteiger partial charge in [0.1, 0.15) is 5.84 Å². The Bertz CT molecular complexity index is 740. The van der Waals surface area contributed by atoms with Crippen molar-refractivity contribution in [3.8, 4) is 0 Å². The first-order valence-electron chi connectivity index (χ1n) is 9.04. The molecule has 6 rings (SSSR count). The van der Waals surface area contributed by atoms with Crippen LogP contribution >= 0.6 is 0 Å². The topological polar surface area (TPSA) is 95.0 Å². The van der Waals surface area contributed by atoms with Gasteiger partial charge in [0.15, 0.2) is 0 Å². The highest BCUT2D eigenvalue weighted by Gasteiger charge is 2.54. The van der Waals surface area contributed by atoms with Crippen LogP contribution in [0.3, 0.4) is 0 Å². The molecule has 0 aliphatic heterocycles. The predicted octanol–water partition coefficient (Wildman–Crippen LogP) is 2.29. The molecule has 5 N–H and O–H groups in total. The van der Waals surface area contributed by atoms with Crippen molar-refractivity contribution in [3.05, 3.63) is 29.1 Å². The van der Waals surface area contributed by atoms with Crippen LogP contribution in [0.1, 0.15) is 48.9 Å². The van der Waals surface area contributed by atoms with Gasteiger partial charge in [-0.15, -0.1) is 0 Å². The van der Waals surface area contributed by atoms with E-state index in [-0.39, 0.29) is 5.84 Å². The Morgan fingerprint density at radius 3 is 2.71 bits per heavy atom. The Morgan fingerprint density at radius 2 is 2.04 bits per heavy atom. The number of anilines is 1. The molecule has 1 aromatic rings. The van der Waals surface area contributed by atoms with Gasteiger partial charge in [-0.2, -0.15) is 0 Å². The van der Waals surface area contributed by atoms with Gasteiger partial charge in [0.2, 0.25) is 0 Å². The third-order valence-corrected chi connectivity index (χ3v) is 6.64. The van der Waals surface area contributed by atoms with Crippen molar-refractivity contribution < 1.29 is 5.11 Å². The zero-order valence-corrected chi connectivity index (χ0v) is 13.8. The molecule has 4 saturated carbocycles. The van der Waals surface area contributed by atoms with Gasteiger partial charge < -0.3 is 16.2 Å². The molecule has 126 valence electrons. The van der Waals surface area contributed by atoms with Gasteiger partial charge in [-0.25, -0.2) is 0 Å². The number of allylic oxidation sites excluding steroid dienone is 1. The van der Waals surface area contributed by atoms with Gasteiger partial charge in [0, 0.05) is 24.2 Å². The number of hydrogen-bond acceptors (Lipinski definition) is 4. The second-order valence-electron chi connectivity index (χ2n) is 8.29. The lowest BCUT2D eigenvalue weighted by Crippen LogP contribution is -2.59. The van der Waals surface area contributed by atoms with Crippen LogP contribution in [0.4, 0.5) is 5.69 Å². The second kappa shape index (κ2) is 4.82. The fourth-order valence-electron chi connectivity index (χ4n) is 5.94. The van der Waals surface area contributed by atoms with Crippen LogP contribution in [0.15, 0.2) is 12.3 Å². The lowest BCUT2D eigenvalue weighted by atomic mass is 9.52. The Balaban J connectivity index is 1.52. The van der Waals surface area contributed by atoms with Gasteiger partial charge in [-0.1, -0.05) is 12.2 Å². The smallest absolute Gasteiger partial charge is 0.126 e. The van der Waals surface area contributed by atoms with Crippen LogP contribution in [-0.4, -0.2) is 27.6 Å². The molecule has 0 aromatic carbocycles. The van der Waals surface area contributed by atoms with Crippen molar-refractivity contribution in [1.82, 2.24) is 4.98 Å². The highest BCUT2D eigenvalue weighted by molar-refractivity contribution is 6.02. The van der Waals surface area contributed by atoms with Crippen LogP contribution in [0, 0.1) is 23.2 Å². The van der Waals surface area contributed by atoms with E-state index in [0.717, 1.165) is 42.6 Å². The molecule has 5 nitrogen and oxygen atoms in total. The first kappa shape index (κ1) is 14.5. The van der Waals surface area contributed by atoms with Crippen LogP contribution < -0.4 is 11.1 Å². The maximum atomic E-state index is 10.8. The highest BCUT2D eigenvalue weighted by atomic mass is 16.3. The molecule has 0 spiro atoms. The molecule has 0 saturated heterocycles. The maximum absolute atomic E-state index is 10.8. The van der Waals surface area contributed by atoms with Gasteiger partial charge in [0.05, 0.1) is 22.5 Å². The summed E-state index contributed by atoms with van der Waals surface area (Å²) in [6.45, 7) is 0. The number of aliphatic hydroxyl groups is 1. The number of rotatable bonds is 3. The normalized spacial score (nSPS) is 38.4. The molecule has 0 amide bonds. The third-order valence-electron chi connectivity index (χ3n) is 6.64. The molecule has 2 atom stereocenters. The summed E-state index contributed by atoms with van der Waals surface area (Å²) < 4.78 is 0. The average molecular weight is 324 g/mol. The summed E-state index contributed by atoms with van der Waals surface area (Å²) in [7, 11) is 0. The summed E-state index contributed by atoms with van der Waals surface area (Å²) in [5, 5.41) is 22.5. The van der Waals surface area contributed by atoms with E-state index >= 15 is 0 Å². The van der Waals surface area contributed by atoms with Crippen LogP contribution in [0.25, 0.3) is 6.08 Å². The zero-order chi connectivity index (χ0) is 16.5. The van der Waals surface area contributed by atoms with Crippen molar-refractivity contribution in [2.75, 3.05) is 5.32 Å². The van der Waals surface area contributed by atoms with E-state index in [1.165, 1.54) is 12.8 Å². The van der Waals surface area contributed by atoms with Crippen molar-refractivity contribution in [2.24, 2.45) is 23.5 Å². The van der Waals surface area contributed by atoms with Gasteiger partial charge in [-0.05, 0) is 49.9 Å². The Hall–Kier alpha value is -1.88. The lowest BCUT2D eigenvalue weighted by Gasteiger charge is -2.58. The Morgan fingerprint density at radius 1 is 1.29 bits per heavy atom. The molecule has 1 heterocycles. The van der Waals surface area contributed by atoms with E-state index in [4.69, 9.17) is 11.1 Å². The molecule has 4 bridgehead atoms. The summed E-state index contributed by atoms with van der Waals surface area (Å²) in [6.07, 6.45) is 12.1. The van der Waals surface area contributed by atoms with Crippen LogP contribution in [-0.2, 0) is 6.42 Å². The molecule has 5 aliphatic rings. The van der Waals surface area contributed by atoms with Gasteiger partial charge in [0.25, 0.3) is 0 Å². The van der Waals surface area contributed by atoms with Crippen LogP contribution in [0.5, 0.6) is 0 Å². The fourth-order valence-corrected chi connectivity index (χ4v) is 5.94. The Kier molecular flexibility index (Phi) is 2.90. The number of nitrogen functional groups attached to an aromatic ring is 1. The van der Waals surface area contributed by atoms with E-state index in [1.54, 1.807) is 6.20 Å². The molecular weight excluding hydrogens is 300 g/mol. The third kappa shape index (κ3) is 2.04. The van der Waals surface area contributed by atoms with Crippen molar-refractivity contribution in [3.63, 3.8) is 0 Å². The largest absolute Gasteiger partial charge is 0.390 e. The molecule has 4 fully saturated rings. The lowest BCUT2D eigenvalue weighted by molar-refractivity contribution is -0.129. The average Bonchev–Trinajstić information content (AvgIpc) is 2.97. The standard InChI is InChI=1S/C19H24N4O/c20-18(21)14-9-22-15-3-1-2-13(15)17(14)23-16-11-4-10-5-12(16)8-19(24,6-10)7-11/h1-2,9-12,16,24H,3-8H2,(H3,20,21)(H,22,23). The first-order valence-corrected chi connectivity index (χ1v) is 9.04. The Labute approximate surface area is 141 Å². The molecule has 1 aromatic heterocycles.